The Balaban J connectivity index is 1.97. The molecule has 0 fully saturated rings. The summed E-state index contributed by atoms with van der Waals surface area (Å²) in [5, 5.41) is 13.8. The van der Waals surface area contributed by atoms with Crippen molar-refractivity contribution in [3.05, 3.63) is 63.2 Å². The zero-order valence-corrected chi connectivity index (χ0v) is 14.0. The van der Waals surface area contributed by atoms with Gasteiger partial charge in [-0.15, -0.1) is 0 Å². The molecule has 2 aromatic rings. The average molecular weight is 410 g/mol. The molecule has 0 aliphatic heterocycles. The van der Waals surface area contributed by atoms with Gasteiger partial charge in [0.2, 0.25) is 0 Å². The highest BCUT2D eigenvalue weighted by atomic mass is 127. The third-order valence-corrected chi connectivity index (χ3v) is 3.77. The molecule has 0 spiro atoms. The van der Waals surface area contributed by atoms with E-state index in [0.717, 1.165) is 14.9 Å². The summed E-state index contributed by atoms with van der Waals surface area (Å²) in [5.41, 5.74) is 3.67. The van der Waals surface area contributed by atoms with Crippen LogP contribution in [0.2, 0.25) is 0 Å². The van der Waals surface area contributed by atoms with E-state index in [4.69, 9.17) is 4.74 Å². The Morgan fingerprint density at radius 3 is 2.68 bits per heavy atom. The van der Waals surface area contributed by atoms with Crippen molar-refractivity contribution in [2.75, 3.05) is 7.11 Å². The molecule has 1 amide bonds. The number of hydrogen-bond donors (Lipinski definition) is 2. The van der Waals surface area contributed by atoms with Crippen molar-refractivity contribution in [3.63, 3.8) is 0 Å². The number of methoxy groups -OCH3 is 1. The maximum atomic E-state index is 11.8. The Kier molecular flexibility index (Phi) is 5.91. The number of nitrogens with one attached hydrogen (secondary N) is 1. The first-order chi connectivity index (χ1) is 10.6. The van der Waals surface area contributed by atoms with Crippen LogP contribution in [0, 0.1) is 3.57 Å². The fraction of sp³-hybridized carbons (Fsp3) is 0.125. The van der Waals surface area contributed by atoms with Crippen LogP contribution in [0.15, 0.2) is 53.6 Å². The molecule has 6 heteroatoms. The Bertz CT molecular complexity index is 674. The number of benzene rings is 2. The minimum atomic E-state index is -1.24. The minimum Gasteiger partial charge on any atom is -0.496 e. The van der Waals surface area contributed by atoms with Crippen LogP contribution in [0.5, 0.6) is 5.75 Å². The van der Waals surface area contributed by atoms with Crippen molar-refractivity contribution < 1.29 is 14.6 Å². The van der Waals surface area contributed by atoms with Gasteiger partial charge in [0.25, 0.3) is 5.91 Å². The molecule has 0 aromatic heterocycles. The molecule has 22 heavy (non-hydrogen) atoms. The molecule has 0 saturated carbocycles. The lowest BCUT2D eigenvalue weighted by Crippen LogP contribution is -2.25. The third kappa shape index (κ3) is 4.28. The summed E-state index contributed by atoms with van der Waals surface area (Å²) in [5.74, 6) is 0.201. The molecule has 0 heterocycles. The van der Waals surface area contributed by atoms with E-state index in [1.165, 1.54) is 6.21 Å². The van der Waals surface area contributed by atoms with Crippen molar-refractivity contribution in [2.45, 2.75) is 6.10 Å². The molecule has 5 nitrogen and oxygen atoms in total. The molecule has 2 aromatic carbocycles. The fourth-order valence-corrected chi connectivity index (χ4v) is 2.54. The quantitative estimate of drug-likeness (QED) is 0.452. The van der Waals surface area contributed by atoms with E-state index in [9.17, 15) is 9.90 Å². The van der Waals surface area contributed by atoms with E-state index in [1.807, 2.05) is 24.3 Å². The second-order valence-electron chi connectivity index (χ2n) is 4.44. The number of hydrogen-bond acceptors (Lipinski definition) is 4. The molecule has 0 aliphatic rings. The fourth-order valence-electron chi connectivity index (χ4n) is 1.78. The van der Waals surface area contributed by atoms with Crippen molar-refractivity contribution >= 4 is 34.7 Å². The lowest BCUT2D eigenvalue weighted by molar-refractivity contribution is -0.129. The van der Waals surface area contributed by atoms with Gasteiger partial charge in [-0.2, -0.15) is 5.10 Å². The number of carbonyl (C=O) groups is 1. The van der Waals surface area contributed by atoms with E-state index >= 15 is 0 Å². The van der Waals surface area contributed by atoms with Gasteiger partial charge >= 0.3 is 0 Å². The van der Waals surface area contributed by atoms with Crippen LogP contribution in [0.25, 0.3) is 0 Å². The van der Waals surface area contributed by atoms with Crippen LogP contribution in [0.3, 0.4) is 0 Å². The maximum absolute atomic E-state index is 11.8. The highest BCUT2D eigenvalue weighted by Gasteiger charge is 2.15. The summed E-state index contributed by atoms with van der Waals surface area (Å²) in [6, 6.07) is 14.2. The van der Waals surface area contributed by atoms with Crippen molar-refractivity contribution in [2.24, 2.45) is 5.10 Å². The van der Waals surface area contributed by atoms with Gasteiger partial charge in [0.15, 0.2) is 6.10 Å². The number of amides is 1. The Labute approximate surface area is 142 Å². The largest absolute Gasteiger partial charge is 0.496 e. The second-order valence-corrected chi connectivity index (χ2v) is 5.60. The number of rotatable bonds is 5. The highest BCUT2D eigenvalue weighted by Crippen LogP contribution is 2.20. The first-order valence-corrected chi connectivity index (χ1v) is 7.59. The van der Waals surface area contributed by atoms with E-state index in [-0.39, 0.29) is 0 Å². The zero-order valence-electron chi connectivity index (χ0n) is 11.9. The number of aliphatic hydroxyl groups excluding tert-OH is 1. The molecular weight excluding hydrogens is 395 g/mol. The normalized spacial score (nSPS) is 12.1. The first-order valence-electron chi connectivity index (χ1n) is 6.51. The van der Waals surface area contributed by atoms with Crippen molar-refractivity contribution in [1.29, 1.82) is 0 Å². The monoisotopic (exact) mass is 410 g/mol. The molecular formula is C16H15IN2O3. The SMILES string of the molecule is COc1ccc(/C=N/NC(=O)C(O)c2ccccc2)cc1I. The topological polar surface area (TPSA) is 70.9 Å². The molecule has 0 radical (unpaired) electrons. The number of halogens is 1. The second kappa shape index (κ2) is 7.90. The van der Waals surface area contributed by atoms with Crippen LogP contribution in [0.1, 0.15) is 17.2 Å². The third-order valence-electron chi connectivity index (χ3n) is 2.93. The lowest BCUT2D eigenvalue weighted by atomic mass is 10.1. The Hall–Kier alpha value is -1.93. The van der Waals surface area contributed by atoms with Crippen LogP contribution in [-0.2, 0) is 4.79 Å². The number of ether oxygens (including phenoxy) is 1. The van der Waals surface area contributed by atoms with Gasteiger partial charge in [-0.1, -0.05) is 30.3 Å². The number of nitrogens with zero attached hydrogens (tertiary/aromatic N) is 1. The van der Waals surface area contributed by atoms with Gasteiger partial charge in [-0.3, -0.25) is 4.79 Å². The molecule has 0 bridgehead atoms. The predicted octanol–water partition coefficient (Wildman–Crippen LogP) is 2.48. The smallest absolute Gasteiger partial charge is 0.273 e. The standard InChI is InChI=1S/C16H15IN2O3/c1-22-14-8-7-11(9-13(14)17)10-18-19-16(21)15(20)12-5-3-2-4-6-12/h2-10,15,20H,1H3,(H,19,21)/b18-10+. The summed E-state index contributed by atoms with van der Waals surface area (Å²) >= 11 is 2.16. The Morgan fingerprint density at radius 1 is 1.32 bits per heavy atom. The summed E-state index contributed by atoms with van der Waals surface area (Å²) in [6.07, 6.45) is 0.270. The molecule has 2 N–H and O–H groups in total. The molecule has 0 aliphatic carbocycles. The number of carbonyl (C=O) groups excluding carboxylic acids is 1. The van der Waals surface area contributed by atoms with Gasteiger partial charge in [0.05, 0.1) is 16.9 Å². The molecule has 114 valence electrons. The molecule has 0 saturated heterocycles. The molecule has 1 atom stereocenters. The average Bonchev–Trinajstić information content (AvgIpc) is 2.55. The van der Waals surface area contributed by atoms with Gasteiger partial charge in [0, 0.05) is 0 Å². The highest BCUT2D eigenvalue weighted by molar-refractivity contribution is 14.1. The number of aliphatic hydroxyl groups is 1. The zero-order chi connectivity index (χ0) is 15.9. The van der Waals surface area contributed by atoms with Crippen molar-refractivity contribution in [1.82, 2.24) is 5.43 Å². The number of hydrazone groups is 1. The maximum Gasteiger partial charge on any atom is 0.273 e. The predicted molar refractivity (Wildman–Crippen MR) is 92.8 cm³/mol. The first kappa shape index (κ1) is 16.4. The lowest BCUT2D eigenvalue weighted by Gasteiger charge is -2.08. The van der Waals surface area contributed by atoms with Crippen LogP contribution >= 0.6 is 22.6 Å². The molecule has 2 rings (SSSR count). The van der Waals surface area contributed by atoms with Gasteiger partial charge in [-0.25, -0.2) is 5.43 Å². The van der Waals surface area contributed by atoms with E-state index in [1.54, 1.807) is 31.4 Å². The van der Waals surface area contributed by atoms with Crippen LogP contribution < -0.4 is 10.2 Å². The van der Waals surface area contributed by atoms with E-state index < -0.39 is 12.0 Å². The molecule has 1 unspecified atom stereocenters. The summed E-state index contributed by atoms with van der Waals surface area (Å²) < 4.78 is 6.11. The van der Waals surface area contributed by atoms with Gasteiger partial charge in [-0.05, 0) is 51.9 Å². The van der Waals surface area contributed by atoms with Crippen LogP contribution in [-0.4, -0.2) is 24.3 Å². The minimum absolute atomic E-state index is 0.522. The Morgan fingerprint density at radius 2 is 2.05 bits per heavy atom. The summed E-state index contributed by atoms with van der Waals surface area (Å²) in [6.45, 7) is 0. The van der Waals surface area contributed by atoms with Gasteiger partial charge in [0.1, 0.15) is 5.75 Å². The summed E-state index contributed by atoms with van der Waals surface area (Å²) in [7, 11) is 1.61. The van der Waals surface area contributed by atoms with Crippen LogP contribution in [0.4, 0.5) is 0 Å². The van der Waals surface area contributed by atoms with Gasteiger partial charge < -0.3 is 9.84 Å². The summed E-state index contributed by atoms with van der Waals surface area (Å²) in [4.78, 5) is 11.8. The van der Waals surface area contributed by atoms with E-state index in [0.29, 0.717) is 5.56 Å². The van der Waals surface area contributed by atoms with Crippen molar-refractivity contribution in [3.8, 4) is 5.75 Å². The van der Waals surface area contributed by atoms with E-state index in [2.05, 4.69) is 33.1 Å².